The molecule has 0 unspecified atom stereocenters. The molecule has 8 aromatic rings. The molecular weight excluding hydrogens is 560 g/mol. The average molecular weight is 589 g/mol. The lowest BCUT2D eigenvalue weighted by Crippen LogP contribution is -2.01. The van der Waals surface area contributed by atoms with Gasteiger partial charge in [0.15, 0.2) is 17.5 Å². The second-order valence-corrected chi connectivity index (χ2v) is 11.1. The maximum atomic E-state index is 5.11. The standard InChI is InChI=1S/C42H28N4/c1-3-11-29(12-4-1)33-16-10-18-35(28-33)41-44-40(31-13-5-2-6-14-31)45-42(46-41)39-22-21-36(37-19-7-8-20-38(37)39)34-17-9-15-32(27-34)30-23-25-43-26-24-30/h1-28H. The monoisotopic (exact) mass is 588 g/mol. The largest absolute Gasteiger partial charge is 0.265 e. The van der Waals surface area contributed by atoms with E-state index in [2.05, 4.69) is 114 Å². The van der Waals surface area contributed by atoms with Crippen LogP contribution >= 0.6 is 0 Å². The number of fused-ring (bicyclic) bond motifs is 1. The van der Waals surface area contributed by atoms with E-state index in [1.54, 1.807) is 0 Å². The van der Waals surface area contributed by atoms with Gasteiger partial charge in [-0.1, -0.05) is 127 Å². The Bertz CT molecular complexity index is 2300. The second-order valence-electron chi connectivity index (χ2n) is 11.1. The van der Waals surface area contributed by atoms with Gasteiger partial charge in [0, 0.05) is 29.1 Å². The van der Waals surface area contributed by atoms with E-state index in [-0.39, 0.29) is 0 Å². The van der Waals surface area contributed by atoms with E-state index in [1.807, 2.05) is 60.9 Å². The van der Waals surface area contributed by atoms with E-state index in [0.29, 0.717) is 17.5 Å². The van der Waals surface area contributed by atoms with Crippen LogP contribution in [-0.4, -0.2) is 19.9 Å². The number of rotatable bonds is 6. The fourth-order valence-electron chi connectivity index (χ4n) is 5.97. The van der Waals surface area contributed by atoms with Gasteiger partial charge in [0.1, 0.15) is 0 Å². The van der Waals surface area contributed by atoms with Crippen LogP contribution < -0.4 is 0 Å². The number of nitrogens with zero attached hydrogens (tertiary/aromatic N) is 4. The van der Waals surface area contributed by atoms with Crippen molar-refractivity contribution in [3.8, 4) is 67.5 Å². The van der Waals surface area contributed by atoms with Crippen LogP contribution in [0.1, 0.15) is 0 Å². The van der Waals surface area contributed by atoms with Crippen molar-refractivity contribution in [1.29, 1.82) is 0 Å². The number of hydrogen-bond donors (Lipinski definition) is 0. The van der Waals surface area contributed by atoms with Crippen LogP contribution in [-0.2, 0) is 0 Å². The van der Waals surface area contributed by atoms with Gasteiger partial charge in [0.05, 0.1) is 0 Å². The molecule has 46 heavy (non-hydrogen) atoms. The molecule has 2 aromatic heterocycles. The Kier molecular flexibility index (Phi) is 7.14. The van der Waals surface area contributed by atoms with Crippen molar-refractivity contribution < 1.29 is 0 Å². The molecule has 0 amide bonds. The molecular formula is C42H28N4. The first-order valence-electron chi connectivity index (χ1n) is 15.3. The SMILES string of the molecule is c1ccc(-c2cccc(-c3nc(-c4ccccc4)nc(-c4ccc(-c5cccc(-c6ccncc6)c5)c5ccccc45)n3)c2)cc1. The van der Waals surface area contributed by atoms with Crippen molar-refractivity contribution in [2.75, 3.05) is 0 Å². The third kappa shape index (κ3) is 5.33. The van der Waals surface area contributed by atoms with Crippen molar-refractivity contribution in [2.24, 2.45) is 0 Å². The molecule has 0 radical (unpaired) electrons. The molecule has 2 heterocycles. The van der Waals surface area contributed by atoms with Crippen LogP contribution in [0.25, 0.3) is 78.3 Å². The number of aromatic nitrogens is 4. The molecule has 0 bridgehead atoms. The van der Waals surface area contributed by atoms with Crippen LogP contribution in [0.5, 0.6) is 0 Å². The van der Waals surface area contributed by atoms with Gasteiger partial charge < -0.3 is 0 Å². The lowest BCUT2D eigenvalue weighted by atomic mass is 9.93. The first-order valence-corrected chi connectivity index (χ1v) is 15.3. The van der Waals surface area contributed by atoms with Crippen molar-refractivity contribution >= 4 is 10.8 Å². The highest BCUT2D eigenvalue weighted by Gasteiger charge is 2.16. The smallest absolute Gasteiger partial charge is 0.164 e. The van der Waals surface area contributed by atoms with Gasteiger partial charge in [-0.2, -0.15) is 0 Å². The van der Waals surface area contributed by atoms with Crippen LogP contribution in [0.15, 0.2) is 170 Å². The van der Waals surface area contributed by atoms with Gasteiger partial charge >= 0.3 is 0 Å². The Balaban J connectivity index is 1.29. The van der Waals surface area contributed by atoms with E-state index in [1.165, 1.54) is 0 Å². The highest BCUT2D eigenvalue weighted by atomic mass is 15.0. The molecule has 0 aliphatic carbocycles. The summed E-state index contributed by atoms with van der Waals surface area (Å²) in [4.78, 5) is 19.3. The summed E-state index contributed by atoms with van der Waals surface area (Å²) < 4.78 is 0. The van der Waals surface area contributed by atoms with E-state index in [9.17, 15) is 0 Å². The quantitative estimate of drug-likeness (QED) is 0.194. The van der Waals surface area contributed by atoms with Gasteiger partial charge in [0.2, 0.25) is 0 Å². The van der Waals surface area contributed by atoms with Crippen LogP contribution in [0.4, 0.5) is 0 Å². The third-order valence-corrected chi connectivity index (χ3v) is 8.25. The maximum Gasteiger partial charge on any atom is 0.164 e. The summed E-state index contributed by atoms with van der Waals surface area (Å²) in [7, 11) is 0. The summed E-state index contributed by atoms with van der Waals surface area (Å²) in [6.45, 7) is 0. The minimum Gasteiger partial charge on any atom is -0.265 e. The molecule has 0 fully saturated rings. The van der Waals surface area contributed by atoms with E-state index < -0.39 is 0 Å². The molecule has 0 atom stereocenters. The molecule has 8 rings (SSSR count). The zero-order valence-corrected chi connectivity index (χ0v) is 25.0. The topological polar surface area (TPSA) is 51.6 Å². The molecule has 0 aliphatic heterocycles. The number of hydrogen-bond acceptors (Lipinski definition) is 4. The van der Waals surface area contributed by atoms with E-state index in [4.69, 9.17) is 15.0 Å². The zero-order chi connectivity index (χ0) is 30.7. The predicted octanol–water partition coefficient (Wildman–Crippen LogP) is 10.4. The Labute approximate surface area is 267 Å². The Morgan fingerprint density at radius 2 is 0.739 bits per heavy atom. The van der Waals surface area contributed by atoms with Crippen LogP contribution in [0.2, 0.25) is 0 Å². The van der Waals surface area contributed by atoms with Gasteiger partial charge in [-0.05, 0) is 74.5 Å². The minimum atomic E-state index is 0.639. The van der Waals surface area contributed by atoms with Gasteiger partial charge in [-0.3, -0.25) is 4.98 Å². The van der Waals surface area contributed by atoms with Crippen molar-refractivity contribution in [2.45, 2.75) is 0 Å². The maximum absolute atomic E-state index is 5.11. The Morgan fingerprint density at radius 1 is 0.283 bits per heavy atom. The summed E-state index contributed by atoms with van der Waals surface area (Å²) in [6, 6.07) is 54.5. The minimum absolute atomic E-state index is 0.639. The molecule has 0 N–H and O–H groups in total. The summed E-state index contributed by atoms with van der Waals surface area (Å²) >= 11 is 0. The van der Waals surface area contributed by atoms with Crippen LogP contribution in [0, 0.1) is 0 Å². The Hall–Kier alpha value is -6.26. The summed E-state index contributed by atoms with van der Waals surface area (Å²) in [5.74, 6) is 1.92. The van der Waals surface area contributed by atoms with Crippen molar-refractivity contribution in [3.05, 3.63) is 170 Å². The third-order valence-electron chi connectivity index (χ3n) is 8.25. The van der Waals surface area contributed by atoms with E-state index in [0.717, 1.165) is 60.8 Å². The van der Waals surface area contributed by atoms with Gasteiger partial charge in [0.25, 0.3) is 0 Å². The highest BCUT2D eigenvalue weighted by molar-refractivity contribution is 6.04. The highest BCUT2D eigenvalue weighted by Crippen LogP contribution is 2.37. The van der Waals surface area contributed by atoms with Crippen LogP contribution in [0.3, 0.4) is 0 Å². The van der Waals surface area contributed by atoms with Crippen molar-refractivity contribution in [1.82, 2.24) is 19.9 Å². The molecule has 0 saturated carbocycles. The Morgan fingerprint density at radius 3 is 1.43 bits per heavy atom. The molecule has 0 spiro atoms. The van der Waals surface area contributed by atoms with Gasteiger partial charge in [-0.15, -0.1) is 0 Å². The van der Waals surface area contributed by atoms with Gasteiger partial charge in [-0.25, -0.2) is 15.0 Å². The molecule has 6 aromatic carbocycles. The molecule has 0 aliphatic rings. The first kappa shape index (κ1) is 27.3. The molecule has 4 nitrogen and oxygen atoms in total. The number of benzene rings is 6. The molecule has 216 valence electrons. The average Bonchev–Trinajstić information content (AvgIpc) is 3.15. The fraction of sp³-hybridized carbons (Fsp3) is 0. The predicted molar refractivity (Wildman–Crippen MR) is 188 cm³/mol. The first-order chi connectivity index (χ1) is 22.8. The lowest BCUT2D eigenvalue weighted by Gasteiger charge is -2.14. The zero-order valence-electron chi connectivity index (χ0n) is 25.0. The molecule has 0 saturated heterocycles. The summed E-state index contributed by atoms with van der Waals surface area (Å²) in [6.07, 6.45) is 3.66. The second kappa shape index (κ2) is 12.0. The fourth-order valence-corrected chi connectivity index (χ4v) is 5.97. The van der Waals surface area contributed by atoms with Crippen molar-refractivity contribution in [3.63, 3.8) is 0 Å². The molecule has 4 heteroatoms. The lowest BCUT2D eigenvalue weighted by molar-refractivity contribution is 1.08. The number of pyridine rings is 1. The van der Waals surface area contributed by atoms with E-state index >= 15 is 0 Å². The summed E-state index contributed by atoms with van der Waals surface area (Å²) in [5.41, 5.74) is 9.71. The normalized spacial score (nSPS) is 11.0. The summed E-state index contributed by atoms with van der Waals surface area (Å²) in [5, 5.41) is 2.23.